The lowest BCUT2D eigenvalue weighted by molar-refractivity contribution is -0.143. The Morgan fingerprint density at radius 1 is 1.23 bits per heavy atom. The van der Waals surface area contributed by atoms with Crippen molar-refractivity contribution in [2.24, 2.45) is 5.92 Å². The zero-order valence-electron chi connectivity index (χ0n) is 14.9. The maximum Gasteiger partial charge on any atom is 0.337 e. The van der Waals surface area contributed by atoms with Crippen molar-refractivity contribution in [2.75, 3.05) is 13.2 Å². The lowest BCUT2D eigenvalue weighted by atomic mass is 9.87. The minimum absolute atomic E-state index is 0.0972. The quantitative estimate of drug-likeness (QED) is 0.325. The van der Waals surface area contributed by atoms with Crippen LogP contribution in [0.4, 0.5) is 0 Å². The van der Waals surface area contributed by atoms with Gasteiger partial charge in [0.2, 0.25) is 0 Å². The van der Waals surface area contributed by atoms with Crippen LogP contribution in [0.1, 0.15) is 26.7 Å². The first-order chi connectivity index (χ1) is 12.4. The first kappa shape index (κ1) is 18.4. The van der Waals surface area contributed by atoms with Crippen molar-refractivity contribution in [1.82, 2.24) is 0 Å². The molecule has 0 aromatic carbocycles. The highest BCUT2D eigenvalue weighted by atomic mass is 16.6. The Kier molecular flexibility index (Phi) is 5.27. The number of hydrogen-bond donors (Lipinski definition) is 0. The van der Waals surface area contributed by atoms with Gasteiger partial charge in [-0.3, -0.25) is 4.79 Å². The fourth-order valence-corrected chi connectivity index (χ4v) is 3.49. The highest BCUT2D eigenvalue weighted by Gasteiger charge is 2.47. The van der Waals surface area contributed by atoms with Crippen LogP contribution in [0.3, 0.4) is 0 Å². The van der Waals surface area contributed by atoms with Crippen molar-refractivity contribution >= 4 is 17.9 Å². The number of carbonyl (C=O) groups excluding carboxylic acids is 3. The SMILES string of the molecule is C=C1C(=O)O[C@@H]2/C=C(/COC(C)=O)CC[C@H](OCC)C3=C[C@@H](OC3=O)[C@@H]12. The standard InChI is InChI=1S/C19H22O7/c1-4-23-14-6-5-12(9-24-11(3)20)7-15-17(10(2)18(21)25-15)16-8-13(14)19(22)26-16/h7-8,14-17H,2,4-6,9H2,1,3H3/b12-7+/t14-,15+,16+,17-/m0/s1. The summed E-state index contributed by atoms with van der Waals surface area (Å²) in [6.07, 6.45) is 2.89. The fourth-order valence-electron chi connectivity index (χ4n) is 3.49. The number of ether oxygens (including phenoxy) is 4. The van der Waals surface area contributed by atoms with Crippen LogP contribution < -0.4 is 0 Å². The van der Waals surface area contributed by atoms with E-state index in [9.17, 15) is 14.4 Å². The zero-order chi connectivity index (χ0) is 18.8. The van der Waals surface area contributed by atoms with E-state index >= 15 is 0 Å². The van der Waals surface area contributed by atoms with E-state index in [2.05, 4.69) is 6.58 Å². The van der Waals surface area contributed by atoms with E-state index in [-0.39, 0.29) is 12.2 Å². The summed E-state index contributed by atoms with van der Waals surface area (Å²) in [5.74, 6) is -1.85. The van der Waals surface area contributed by atoms with Gasteiger partial charge in [-0.15, -0.1) is 0 Å². The molecule has 140 valence electrons. The van der Waals surface area contributed by atoms with Gasteiger partial charge in [-0.25, -0.2) is 9.59 Å². The largest absolute Gasteiger partial charge is 0.461 e. The first-order valence-electron chi connectivity index (χ1n) is 8.67. The molecule has 0 radical (unpaired) electrons. The number of rotatable bonds is 4. The van der Waals surface area contributed by atoms with Crippen LogP contribution in [-0.2, 0) is 33.3 Å². The number of hydrogen-bond acceptors (Lipinski definition) is 7. The van der Waals surface area contributed by atoms with Crippen molar-refractivity contribution in [1.29, 1.82) is 0 Å². The minimum Gasteiger partial charge on any atom is -0.461 e. The molecule has 3 rings (SSSR count). The lowest BCUT2D eigenvalue weighted by Gasteiger charge is -2.21. The van der Waals surface area contributed by atoms with Gasteiger partial charge in [-0.1, -0.05) is 6.58 Å². The van der Waals surface area contributed by atoms with Crippen LogP contribution in [0.25, 0.3) is 0 Å². The molecule has 2 heterocycles. The molecule has 0 spiro atoms. The van der Waals surface area contributed by atoms with Crippen molar-refractivity contribution in [3.63, 3.8) is 0 Å². The highest BCUT2D eigenvalue weighted by molar-refractivity contribution is 5.94. The summed E-state index contributed by atoms with van der Waals surface area (Å²) in [5.41, 5.74) is 1.52. The maximum atomic E-state index is 12.3. The Morgan fingerprint density at radius 3 is 2.62 bits per heavy atom. The molecule has 0 saturated carbocycles. The van der Waals surface area contributed by atoms with Gasteiger partial charge in [0.1, 0.15) is 18.8 Å². The summed E-state index contributed by atoms with van der Waals surface area (Å²) in [6.45, 7) is 7.54. The van der Waals surface area contributed by atoms with E-state index < -0.39 is 42.1 Å². The second-order valence-corrected chi connectivity index (χ2v) is 6.50. The van der Waals surface area contributed by atoms with Crippen molar-refractivity contribution in [3.05, 3.63) is 35.5 Å². The van der Waals surface area contributed by atoms with E-state index in [4.69, 9.17) is 18.9 Å². The van der Waals surface area contributed by atoms with E-state index in [1.807, 2.05) is 6.92 Å². The predicted octanol–water partition coefficient (Wildman–Crippen LogP) is 1.62. The Balaban J connectivity index is 1.95. The van der Waals surface area contributed by atoms with Gasteiger partial charge in [-0.2, -0.15) is 0 Å². The van der Waals surface area contributed by atoms with Crippen LogP contribution in [-0.4, -0.2) is 49.4 Å². The van der Waals surface area contributed by atoms with Crippen LogP contribution >= 0.6 is 0 Å². The van der Waals surface area contributed by atoms with Gasteiger partial charge in [0.05, 0.1) is 17.6 Å². The first-order valence-corrected chi connectivity index (χ1v) is 8.67. The normalized spacial score (nSPS) is 32.8. The molecule has 1 saturated heterocycles. The summed E-state index contributed by atoms with van der Waals surface area (Å²) in [7, 11) is 0. The average Bonchev–Trinajstić information content (AvgIpc) is 3.08. The van der Waals surface area contributed by atoms with Gasteiger partial charge in [-0.05, 0) is 37.5 Å². The monoisotopic (exact) mass is 362 g/mol. The molecule has 0 unspecified atom stereocenters. The van der Waals surface area contributed by atoms with Gasteiger partial charge >= 0.3 is 17.9 Å². The van der Waals surface area contributed by atoms with Crippen LogP contribution in [0.15, 0.2) is 35.5 Å². The average molecular weight is 362 g/mol. The molecule has 0 aromatic rings. The summed E-state index contributed by atoms with van der Waals surface area (Å²) < 4.78 is 21.7. The molecule has 1 aliphatic carbocycles. The summed E-state index contributed by atoms with van der Waals surface area (Å²) >= 11 is 0. The molecule has 3 aliphatic rings. The molecule has 7 heteroatoms. The van der Waals surface area contributed by atoms with E-state index in [0.717, 1.165) is 5.57 Å². The molecule has 7 nitrogen and oxygen atoms in total. The molecule has 0 N–H and O–H groups in total. The van der Waals surface area contributed by atoms with Crippen LogP contribution in [0.5, 0.6) is 0 Å². The molecule has 1 fully saturated rings. The molecule has 4 atom stereocenters. The molecule has 2 aliphatic heterocycles. The second-order valence-electron chi connectivity index (χ2n) is 6.50. The van der Waals surface area contributed by atoms with E-state index in [0.29, 0.717) is 25.0 Å². The summed E-state index contributed by atoms with van der Waals surface area (Å²) in [5, 5.41) is 0. The zero-order valence-corrected chi connectivity index (χ0v) is 14.9. The van der Waals surface area contributed by atoms with Crippen molar-refractivity contribution in [3.8, 4) is 0 Å². The predicted molar refractivity (Wildman–Crippen MR) is 89.8 cm³/mol. The maximum absolute atomic E-state index is 12.3. The van der Waals surface area contributed by atoms with Gasteiger partial charge in [0.25, 0.3) is 0 Å². The molecule has 0 amide bonds. The third kappa shape index (κ3) is 3.58. The van der Waals surface area contributed by atoms with Crippen molar-refractivity contribution in [2.45, 2.75) is 45.0 Å². The van der Waals surface area contributed by atoms with Gasteiger partial charge in [0, 0.05) is 19.1 Å². The van der Waals surface area contributed by atoms with Gasteiger partial charge in [0.15, 0.2) is 0 Å². The Bertz CT molecular complexity index is 703. The minimum atomic E-state index is -0.631. The smallest absolute Gasteiger partial charge is 0.337 e. The fraction of sp³-hybridized carbons (Fsp3) is 0.526. The van der Waals surface area contributed by atoms with Crippen LogP contribution in [0.2, 0.25) is 0 Å². The molecular weight excluding hydrogens is 340 g/mol. The number of esters is 3. The molecule has 2 bridgehead atoms. The number of fused-ring (bicyclic) bond motifs is 3. The lowest BCUT2D eigenvalue weighted by Crippen LogP contribution is -2.28. The van der Waals surface area contributed by atoms with Crippen molar-refractivity contribution < 1.29 is 33.3 Å². The van der Waals surface area contributed by atoms with Crippen LogP contribution in [0, 0.1) is 5.92 Å². The Labute approximate surface area is 151 Å². The topological polar surface area (TPSA) is 88.1 Å². The summed E-state index contributed by atoms with van der Waals surface area (Å²) in [6, 6.07) is 0. The Morgan fingerprint density at radius 2 is 1.92 bits per heavy atom. The Hall–Kier alpha value is -2.41. The third-order valence-corrected chi connectivity index (χ3v) is 4.74. The molecule has 0 aromatic heterocycles. The van der Waals surface area contributed by atoms with E-state index in [1.54, 1.807) is 12.2 Å². The second kappa shape index (κ2) is 7.45. The summed E-state index contributed by atoms with van der Waals surface area (Å²) in [4.78, 5) is 35.5. The highest BCUT2D eigenvalue weighted by Crippen LogP contribution is 2.38. The van der Waals surface area contributed by atoms with Gasteiger partial charge < -0.3 is 18.9 Å². The molecular formula is C19H22O7. The number of carbonyl (C=O) groups is 3. The molecule has 26 heavy (non-hydrogen) atoms. The third-order valence-electron chi connectivity index (χ3n) is 4.74. The van der Waals surface area contributed by atoms with E-state index in [1.165, 1.54) is 6.92 Å².